The topological polar surface area (TPSA) is 98.5 Å². The highest BCUT2D eigenvalue weighted by molar-refractivity contribution is 6.32. The number of hydrogen-bond acceptors (Lipinski definition) is 4. The second kappa shape index (κ2) is 5.11. The van der Waals surface area contributed by atoms with Crippen molar-refractivity contribution in [2.45, 2.75) is 6.42 Å². The average molecular weight is 174 g/mol. The molecule has 0 aliphatic carbocycles. The summed E-state index contributed by atoms with van der Waals surface area (Å²) in [6.45, 7) is 0.0449. The lowest BCUT2D eigenvalue weighted by molar-refractivity contribution is -0.152. The Morgan fingerprint density at radius 3 is 2.42 bits per heavy atom. The molecular formula is C6H10N2O4. The van der Waals surface area contributed by atoms with Gasteiger partial charge in [-0.2, -0.15) is 0 Å². The minimum absolute atomic E-state index is 0.00271. The number of nitrogens with one attached hydrogen (secondary N) is 1. The third-order valence-corrected chi connectivity index (χ3v) is 1.03. The maximum Gasteiger partial charge on any atom is 0.396 e. The van der Waals surface area contributed by atoms with E-state index in [1.54, 1.807) is 0 Å². The molecule has 0 saturated heterocycles. The highest BCUT2D eigenvalue weighted by Crippen LogP contribution is 1.76. The maximum atomic E-state index is 10.6. The lowest BCUT2D eigenvalue weighted by Gasteiger charge is -2.00. The largest absolute Gasteiger partial charge is 0.462 e. The minimum atomic E-state index is -0.987. The van der Waals surface area contributed by atoms with Gasteiger partial charge in [-0.1, -0.05) is 0 Å². The highest BCUT2D eigenvalue weighted by Gasteiger charge is 2.12. The van der Waals surface area contributed by atoms with Crippen molar-refractivity contribution in [2.24, 2.45) is 5.73 Å². The van der Waals surface area contributed by atoms with Gasteiger partial charge < -0.3 is 15.8 Å². The van der Waals surface area contributed by atoms with Gasteiger partial charge in [0.2, 0.25) is 5.91 Å². The molecule has 0 heterocycles. The first kappa shape index (κ1) is 10.4. The van der Waals surface area contributed by atoms with Crippen LogP contribution in [0.2, 0.25) is 0 Å². The number of amides is 2. The smallest absolute Gasteiger partial charge is 0.396 e. The SMILES string of the molecule is COC(=O)C(=O)NCCC(N)=O. The molecule has 0 aliphatic heterocycles. The van der Waals surface area contributed by atoms with E-state index >= 15 is 0 Å². The summed E-state index contributed by atoms with van der Waals surface area (Å²) in [7, 11) is 1.09. The molecule has 2 amide bonds. The number of nitrogens with two attached hydrogens (primary N) is 1. The van der Waals surface area contributed by atoms with Gasteiger partial charge in [-0.25, -0.2) is 4.79 Å². The highest BCUT2D eigenvalue weighted by atomic mass is 16.5. The van der Waals surface area contributed by atoms with Crippen LogP contribution in [0.4, 0.5) is 0 Å². The van der Waals surface area contributed by atoms with E-state index in [2.05, 4.69) is 10.1 Å². The molecule has 0 aromatic heterocycles. The number of carbonyl (C=O) groups excluding carboxylic acids is 3. The Hall–Kier alpha value is -1.59. The van der Waals surface area contributed by atoms with Crippen molar-refractivity contribution in [3.63, 3.8) is 0 Å². The molecule has 0 radical (unpaired) electrons. The Bertz CT molecular complexity index is 202. The Kier molecular flexibility index (Phi) is 4.43. The van der Waals surface area contributed by atoms with Crippen molar-refractivity contribution in [2.75, 3.05) is 13.7 Å². The summed E-state index contributed by atoms with van der Waals surface area (Å²) >= 11 is 0. The van der Waals surface area contributed by atoms with E-state index in [1.165, 1.54) is 0 Å². The average Bonchev–Trinajstić information content (AvgIpc) is 2.02. The minimum Gasteiger partial charge on any atom is -0.462 e. The molecule has 0 bridgehead atoms. The van der Waals surface area contributed by atoms with Gasteiger partial charge in [-0.15, -0.1) is 0 Å². The van der Waals surface area contributed by atoms with E-state index in [-0.39, 0.29) is 13.0 Å². The lowest BCUT2D eigenvalue weighted by Crippen LogP contribution is -2.34. The monoisotopic (exact) mass is 174 g/mol. The normalized spacial score (nSPS) is 8.75. The first-order valence-electron chi connectivity index (χ1n) is 3.22. The summed E-state index contributed by atoms with van der Waals surface area (Å²) in [6, 6.07) is 0. The van der Waals surface area contributed by atoms with Crippen LogP contribution >= 0.6 is 0 Å². The standard InChI is InChI=1S/C6H10N2O4/c1-12-6(11)5(10)8-3-2-4(7)9/h2-3H2,1H3,(H2,7,9)(H,8,10). The van der Waals surface area contributed by atoms with Gasteiger partial charge in [0.05, 0.1) is 7.11 Å². The molecular weight excluding hydrogens is 164 g/mol. The molecule has 12 heavy (non-hydrogen) atoms. The van der Waals surface area contributed by atoms with Crippen molar-refractivity contribution in [1.82, 2.24) is 5.32 Å². The van der Waals surface area contributed by atoms with Gasteiger partial charge in [0.25, 0.3) is 0 Å². The van der Waals surface area contributed by atoms with Gasteiger partial charge in [0, 0.05) is 13.0 Å². The van der Waals surface area contributed by atoms with Gasteiger partial charge in [0.15, 0.2) is 0 Å². The van der Waals surface area contributed by atoms with Crippen molar-refractivity contribution < 1.29 is 19.1 Å². The number of primary amides is 1. The van der Waals surface area contributed by atoms with E-state index < -0.39 is 17.8 Å². The van der Waals surface area contributed by atoms with Crippen LogP contribution in [-0.4, -0.2) is 31.4 Å². The summed E-state index contributed by atoms with van der Waals surface area (Å²) in [5, 5.41) is 2.15. The fraction of sp³-hybridized carbons (Fsp3) is 0.500. The molecule has 0 rings (SSSR count). The van der Waals surface area contributed by atoms with E-state index in [9.17, 15) is 14.4 Å². The number of rotatable bonds is 3. The molecule has 0 aromatic carbocycles. The molecule has 0 fully saturated rings. The summed E-state index contributed by atoms with van der Waals surface area (Å²) in [6.07, 6.45) is 0.00271. The molecule has 0 saturated carbocycles. The quantitative estimate of drug-likeness (QED) is 0.387. The molecule has 0 unspecified atom stereocenters. The number of esters is 1. The Morgan fingerprint density at radius 1 is 1.42 bits per heavy atom. The zero-order valence-electron chi connectivity index (χ0n) is 6.62. The number of hydrogen-bond donors (Lipinski definition) is 2. The zero-order chi connectivity index (χ0) is 9.56. The molecule has 6 heteroatoms. The van der Waals surface area contributed by atoms with Crippen molar-refractivity contribution in [1.29, 1.82) is 0 Å². The van der Waals surface area contributed by atoms with Crippen molar-refractivity contribution >= 4 is 17.8 Å². The van der Waals surface area contributed by atoms with Crippen LogP contribution in [0.5, 0.6) is 0 Å². The fourth-order valence-corrected chi connectivity index (χ4v) is 0.464. The summed E-state index contributed by atoms with van der Waals surface area (Å²) in [5.74, 6) is -2.40. The third-order valence-electron chi connectivity index (χ3n) is 1.03. The zero-order valence-corrected chi connectivity index (χ0v) is 6.62. The molecule has 0 atom stereocenters. The molecule has 0 spiro atoms. The van der Waals surface area contributed by atoms with E-state index in [4.69, 9.17) is 5.73 Å². The second-order valence-corrected chi connectivity index (χ2v) is 1.96. The van der Waals surface area contributed by atoms with E-state index in [0.29, 0.717) is 0 Å². The van der Waals surface area contributed by atoms with Crippen LogP contribution in [0.1, 0.15) is 6.42 Å². The molecule has 0 aromatic rings. The summed E-state index contributed by atoms with van der Waals surface area (Å²) in [4.78, 5) is 31.2. The van der Waals surface area contributed by atoms with Crippen LogP contribution in [0.15, 0.2) is 0 Å². The van der Waals surface area contributed by atoms with E-state index in [0.717, 1.165) is 7.11 Å². The number of ether oxygens (including phenoxy) is 1. The van der Waals surface area contributed by atoms with Gasteiger partial charge in [0.1, 0.15) is 0 Å². The second-order valence-electron chi connectivity index (χ2n) is 1.96. The van der Waals surface area contributed by atoms with Crippen molar-refractivity contribution in [3.8, 4) is 0 Å². The van der Waals surface area contributed by atoms with Crippen LogP contribution in [-0.2, 0) is 19.1 Å². The Labute approximate surface area is 69.1 Å². The molecule has 68 valence electrons. The van der Waals surface area contributed by atoms with E-state index in [1.807, 2.05) is 0 Å². The van der Waals surface area contributed by atoms with Gasteiger partial charge in [-0.05, 0) is 0 Å². The van der Waals surface area contributed by atoms with Gasteiger partial charge in [-0.3, -0.25) is 9.59 Å². The predicted octanol–water partition coefficient (Wildman–Crippen LogP) is -1.85. The molecule has 6 nitrogen and oxygen atoms in total. The van der Waals surface area contributed by atoms with Gasteiger partial charge >= 0.3 is 11.9 Å². The Balaban J connectivity index is 3.58. The van der Waals surface area contributed by atoms with Crippen LogP contribution in [0.25, 0.3) is 0 Å². The van der Waals surface area contributed by atoms with Crippen molar-refractivity contribution in [3.05, 3.63) is 0 Å². The van der Waals surface area contributed by atoms with Crippen LogP contribution in [0, 0.1) is 0 Å². The maximum absolute atomic E-state index is 10.6. The summed E-state index contributed by atoms with van der Waals surface area (Å²) < 4.78 is 4.10. The number of methoxy groups -OCH3 is 1. The fourth-order valence-electron chi connectivity index (χ4n) is 0.464. The first-order valence-corrected chi connectivity index (χ1v) is 3.22. The third kappa shape index (κ3) is 4.26. The van der Waals surface area contributed by atoms with Crippen LogP contribution in [0.3, 0.4) is 0 Å². The number of carbonyl (C=O) groups is 3. The summed E-state index contributed by atoms with van der Waals surface area (Å²) in [5.41, 5.74) is 4.78. The predicted molar refractivity (Wildman–Crippen MR) is 38.8 cm³/mol. The lowest BCUT2D eigenvalue weighted by atomic mass is 10.4. The Morgan fingerprint density at radius 2 is 2.00 bits per heavy atom. The first-order chi connectivity index (χ1) is 5.57. The van der Waals surface area contributed by atoms with Crippen LogP contribution < -0.4 is 11.1 Å². The molecule has 0 aliphatic rings. The molecule has 3 N–H and O–H groups in total.